The van der Waals surface area contributed by atoms with Crippen molar-refractivity contribution in [3.8, 4) is 6.07 Å². The molecule has 0 amide bonds. The predicted molar refractivity (Wildman–Crippen MR) is 74.0 cm³/mol. The Morgan fingerprint density at radius 3 is 2.84 bits per heavy atom. The summed E-state index contributed by atoms with van der Waals surface area (Å²) in [5, 5.41) is 9.84. The molecule has 0 radical (unpaired) electrons. The Morgan fingerprint density at radius 2 is 2.21 bits per heavy atom. The molecular formula is C14H14N2O2S. The molecule has 5 heteroatoms. The van der Waals surface area contributed by atoms with Crippen LogP contribution >= 0.6 is 11.8 Å². The number of hydrogen-bond donors (Lipinski definition) is 0. The summed E-state index contributed by atoms with van der Waals surface area (Å²) < 4.78 is 4.65. The Hall–Kier alpha value is -1.93. The van der Waals surface area contributed by atoms with E-state index in [9.17, 15) is 4.79 Å². The van der Waals surface area contributed by atoms with Crippen LogP contribution in [0.25, 0.3) is 0 Å². The van der Waals surface area contributed by atoms with Gasteiger partial charge in [-0.05, 0) is 5.56 Å². The fraction of sp³-hybridized carbons (Fsp3) is 0.286. The molecule has 0 aliphatic carbocycles. The SMILES string of the molecule is COC(=O)/C(C#N)=C1\SCCN1Cc1ccccc1. The molecule has 1 aliphatic heterocycles. The van der Waals surface area contributed by atoms with E-state index in [1.165, 1.54) is 18.9 Å². The molecule has 1 saturated heterocycles. The van der Waals surface area contributed by atoms with Gasteiger partial charge >= 0.3 is 5.97 Å². The highest BCUT2D eigenvalue weighted by Crippen LogP contribution is 2.32. The van der Waals surface area contributed by atoms with E-state index in [4.69, 9.17) is 5.26 Å². The zero-order valence-electron chi connectivity index (χ0n) is 10.6. The van der Waals surface area contributed by atoms with E-state index < -0.39 is 5.97 Å². The molecule has 1 aromatic carbocycles. The molecule has 0 saturated carbocycles. The molecule has 2 rings (SSSR count). The highest BCUT2D eigenvalue weighted by atomic mass is 32.2. The lowest BCUT2D eigenvalue weighted by molar-refractivity contribution is -0.135. The van der Waals surface area contributed by atoms with Crippen molar-refractivity contribution < 1.29 is 9.53 Å². The van der Waals surface area contributed by atoms with Gasteiger partial charge in [0.15, 0.2) is 5.57 Å². The van der Waals surface area contributed by atoms with Crippen LogP contribution in [0.5, 0.6) is 0 Å². The Labute approximate surface area is 116 Å². The van der Waals surface area contributed by atoms with E-state index in [-0.39, 0.29) is 5.57 Å². The molecule has 0 aromatic heterocycles. The molecule has 1 aromatic rings. The van der Waals surface area contributed by atoms with Crippen molar-refractivity contribution in [2.24, 2.45) is 0 Å². The van der Waals surface area contributed by atoms with Crippen molar-refractivity contribution in [2.75, 3.05) is 19.4 Å². The summed E-state index contributed by atoms with van der Waals surface area (Å²) in [7, 11) is 1.29. The van der Waals surface area contributed by atoms with Crippen LogP contribution in [-0.4, -0.2) is 30.3 Å². The molecule has 98 valence electrons. The van der Waals surface area contributed by atoms with Crippen LogP contribution in [0.2, 0.25) is 0 Å². The monoisotopic (exact) mass is 274 g/mol. The van der Waals surface area contributed by atoms with E-state index in [0.717, 1.165) is 22.9 Å². The second-order valence-electron chi connectivity index (χ2n) is 4.04. The van der Waals surface area contributed by atoms with Crippen LogP contribution in [0.3, 0.4) is 0 Å². The first-order valence-corrected chi connectivity index (χ1v) is 6.89. The maximum absolute atomic E-state index is 11.6. The van der Waals surface area contributed by atoms with Crippen molar-refractivity contribution in [2.45, 2.75) is 6.54 Å². The Balaban J connectivity index is 2.24. The second-order valence-corrected chi connectivity index (χ2v) is 5.12. The van der Waals surface area contributed by atoms with Gasteiger partial charge in [-0.15, -0.1) is 11.8 Å². The van der Waals surface area contributed by atoms with E-state index >= 15 is 0 Å². The van der Waals surface area contributed by atoms with Crippen molar-refractivity contribution in [3.63, 3.8) is 0 Å². The van der Waals surface area contributed by atoms with Crippen LogP contribution in [0.15, 0.2) is 40.9 Å². The summed E-state index contributed by atoms with van der Waals surface area (Å²) in [5.74, 6) is 0.314. The van der Waals surface area contributed by atoms with E-state index in [2.05, 4.69) is 9.64 Å². The standard InChI is InChI=1S/C14H14N2O2S/c1-18-14(17)12(9-15)13-16(7-8-19-13)10-11-5-3-2-4-6-11/h2-6H,7-8,10H2,1H3/b13-12-. The van der Waals surface area contributed by atoms with Gasteiger partial charge in [-0.25, -0.2) is 4.79 Å². The Bertz CT molecular complexity index is 534. The van der Waals surface area contributed by atoms with Gasteiger partial charge in [0.25, 0.3) is 0 Å². The second kappa shape index (κ2) is 6.30. The molecule has 0 bridgehead atoms. The summed E-state index contributed by atoms with van der Waals surface area (Å²) >= 11 is 1.53. The highest BCUT2D eigenvalue weighted by molar-refractivity contribution is 8.03. The zero-order chi connectivity index (χ0) is 13.7. The van der Waals surface area contributed by atoms with E-state index in [0.29, 0.717) is 6.54 Å². The minimum Gasteiger partial charge on any atom is -0.465 e. The fourth-order valence-electron chi connectivity index (χ4n) is 1.91. The number of nitrogens with zero attached hydrogens (tertiary/aromatic N) is 2. The maximum atomic E-state index is 11.6. The topological polar surface area (TPSA) is 53.3 Å². The molecule has 0 N–H and O–H groups in total. The number of carbonyl (C=O) groups excluding carboxylic acids is 1. The van der Waals surface area contributed by atoms with E-state index in [1.807, 2.05) is 36.4 Å². The average molecular weight is 274 g/mol. The molecule has 19 heavy (non-hydrogen) atoms. The van der Waals surface area contributed by atoms with Crippen LogP contribution < -0.4 is 0 Å². The molecule has 4 nitrogen and oxygen atoms in total. The number of carbonyl (C=O) groups is 1. The number of rotatable bonds is 3. The first-order chi connectivity index (χ1) is 9.26. The number of ether oxygens (including phenoxy) is 1. The average Bonchev–Trinajstić information content (AvgIpc) is 2.89. The summed E-state index contributed by atoms with van der Waals surface area (Å²) in [6.45, 7) is 1.53. The third kappa shape index (κ3) is 3.09. The summed E-state index contributed by atoms with van der Waals surface area (Å²) in [6, 6.07) is 11.9. The lowest BCUT2D eigenvalue weighted by Crippen LogP contribution is -2.20. The predicted octanol–water partition coefficient (Wildman–Crippen LogP) is 2.14. The summed E-state index contributed by atoms with van der Waals surface area (Å²) in [4.78, 5) is 13.6. The van der Waals surface area contributed by atoms with Gasteiger partial charge in [0.05, 0.1) is 12.1 Å². The number of hydrogen-bond acceptors (Lipinski definition) is 5. The maximum Gasteiger partial charge on any atom is 0.351 e. The summed E-state index contributed by atoms with van der Waals surface area (Å²) in [5.41, 5.74) is 1.26. The van der Waals surface area contributed by atoms with Gasteiger partial charge < -0.3 is 9.64 Å². The van der Waals surface area contributed by atoms with Gasteiger partial charge in [-0.1, -0.05) is 30.3 Å². The molecule has 1 aliphatic rings. The number of methoxy groups -OCH3 is 1. The zero-order valence-corrected chi connectivity index (χ0v) is 11.4. The normalized spacial score (nSPS) is 16.9. The lowest BCUT2D eigenvalue weighted by Gasteiger charge is -2.19. The lowest BCUT2D eigenvalue weighted by atomic mass is 10.2. The van der Waals surface area contributed by atoms with Crippen LogP contribution in [0.1, 0.15) is 5.56 Å². The van der Waals surface area contributed by atoms with Crippen LogP contribution in [0.4, 0.5) is 0 Å². The minimum absolute atomic E-state index is 0.0981. The van der Waals surface area contributed by atoms with Crippen LogP contribution in [0, 0.1) is 11.3 Å². The van der Waals surface area contributed by atoms with Crippen molar-refractivity contribution in [3.05, 3.63) is 46.5 Å². The van der Waals surface area contributed by atoms with Crippen molar-refractivity contribution in [1.29, 1.82) is 5.26 Å². The van der Waals surface area contributed by atoms with Gasteiger partial charge in [-0.3, -0.25) is 0 Å². The third-order valence-electron chi connectivity index (χ3n) is 2.82. The van der Waals surface area contributed by atoms with E-state index in [1.54, 1.807) is 0 Å². The molecule has 0 atom stereocenters. The Morgan fingerprint density at radius 1 is 1.47 bits per heavy atom. The van der Waals surface area contributed by atoms with Gasteiger partial charge in [-0.2, -0.15) is 5.26 Å². The highest BCUT2D eigenvalue weighted by Gasteiger charge is 2.26. The van der Waals surface area contributed by atoms with Crippen LogP contribution in [-0.2, 0) is 16.1 Å². The quantitative estimate of drug-likeness (QED) is 0.480. The number of thioether (sulfide) groups is 1. The Kier molecular flexibility index (Phi) is 4.48. The largest absolute Gasteiger partial charge is 0.465 e. The molecule has 1 heterocycles. The van der Waals surface area contributed by atoms with Crippen molar-refractivity contribution >= 4 is 17.7 Å². The first kappa shape index (κ1) is 13.5. The van der Waals surface area contributed by atoms with Gasteiger partial charge in [0.2, 0.25) is 0 Å². The number of nitriles is 1. The molecule has 0 spiro atoms. The number of esters is 1. The summed E-state index contributed by atoms with van der Waals surface area (Å²) in [6.07, 6.45) is 0. The van der Waals surface area contributed by atoms with Crippen molar-refractivity contribution in [1.82, 2.24) is 4.90 Å². The minimum atomic E-state index is -0.565. The fourth-order valence-corrected chi connectivity index (χ4v) is 3.03. The third-order valence-corrected chi connectivity index (χ3v) is 3.94. The van der Waals surface area contributed by atoms with Gasteiger partial charge in [0, 0.05) is 18.8 Å². The molecular weight excluding hydrogens is 260 g/mol. The number of benzene rings is 1. The van der Waals surface area contributed by atoms with Gasteiger partial charge in [0.1, 0.15) is 6.07 Å². The molecule has 0 unspecified atom stereocenters. The smallest absolute Gasteiger partial charge is 0.351 e. The first-order valence-electron chi connectivity index (χ1n) is 5.90. The molecule has 1 fully saturated rings.